The molecule has 1 aromatic carbocycles. The summed E-state index contributed by atoms with van der Waals surface area (Å²) in [7, 11) is 0. The lowest BCUT2D eigenvalue weighted by atomic mass is 10.2. The normalized spacial score (nSPS) is 11.0. The number of amides is 1. The number of thiazole rings is 1. The molecule has 5 rings (SSSR count). The molecule has 4 aromatic heterocycles. The van der Waals surface area contributed by atoms with Gasteiger partial charge in [0.25, 0.3) is 5.91 Å². The quantitative estimate of drug-likeness (QED) is 0.262. The van der Waals surface area contributed by atoms with Crippen molar-refractivity contribution in [3.63, 3.8) is 0 Å². The Bertz CT molecular complexity index is 1420. The Morgan fingerprint density at radius 3 is 2.80 bits per heavy atom. The van der Waals surface area contributed by atoms with Crippen molar-refractivity contribution in [2.75, 3.05) is 6.54 Å². The monoisotopic (exact) mass is 522 g/mol. The van der Waals surface area contributed by atoms with Gasteiger partial charge in [0, 0.05) is 30.2 Å². The molecular weight excluding hydrogens is 504 g/mol. The van der Waals surface area contributed by atoms with Gasteiger partial charge in [-0.25, -0.2) is 4.98 Å². The summed E-state index contributed by atoms with van der Waals surface area (Å²) in [5.74, 6) is 1.46. The molecule has 4 heterocycles. The lowest BCUT2D eigenvalue weighted by Crippen LogP contribution is -2.26. The third kappa shape index (κ3) is 5.45. The molecule has 0 aliphatic rings. The molecule has 1 N–H and O–H groups in total. The molecule has 0 radical (unpaired) electrons. The number of benzene rings is 1. The molecule has 0 aliphatic carbocycles. The maximum atomic E-state index is 12.5. The van der Waals surface area contributed by atoms with E-state index in [1.54, 1.807) is 23.9 Å². The van der Waals surface area contributed by atoms with Crippen molar-refractivity contribution in [1.29, 1.82) is 0 Å². The minimum Gasteiger partial charge on any atom is -0.461 e. The van der Waals surface area contributed by atoms with E-state index in [0.29, 0.717) is 46.2 Å². The number of halogens is 1. The van der Waals surface area contributed by atoms with Crippen molar-refractivity contribution in [1.82, 2.24) is 30.0 Å². The smallest absolute Gasteiger partial charge is 0.270 e. The van der Waals surface area contributed by atoms with Crippen molar-refractivity contribution in [3.05, 3.63) is 93.9 Å². The van der Waals surface area contributed by atoms with E-state index in [1.807, 2.05) is 53.1 Å². The van der Waals surface area contributed by atoms with E-state index in [0.717, 1.165) is 16.4 Å². The number of aromatic nitrogens is 5. The summed E-state index contributed by atoms with van der Waals surface area (Å²) < 4.78 is 7.42. The van der Waals surface area contributed by atoms with E-state index in [2.05, 4.69) is 25.5 Å². The molecule has 0 aliphatic heterocycles. The first kappa shape index (κ1) is 23.3. The van der Waals surface area contributed by atoms with Crippen molar-refractivity contribution >= 4 is 40.6 Å². The number of hydrogen-bond donors (Lipinski definition) is 1. The molecule has 35 heavy (non-hydrogen) atoms. The van der Waals surface area contributed by atoms with Crippen LogP contribution in [0, 0.1) is 0 Å². The minimum absolute atomic E-state index is 0.201. The summed E-state index contributed by atoms with van der Waals surface area (Å²) in [6, 6.07) is 16.8. The number of carbonyl (C=O) groups is 1. The number of furan rings is 1. The minimum atomic E-state index is -0.201. The van der Waals surface area contributed by atoms with E-state index in [9.17, 15) is 4.79 Å². The second-order valence-electron chi connectivity index (χ2n) is 7.31. The second-order valence-corrected chi connectivity index (χ2v) is 9.60. The lowest BCUT2D eigenvalue weighted by molar-refractivity contribution is 0.0949. The van der Waals surface area contributed by atoms with Gasteiger partial charge < -0.3 is 9.73 Å². The summed E-state index contributed by atoms with van der Waals surface area (Å²) in [5.41, 5.74) is 2.08. The third-order valence-corrected chi connectivity index (χ3v) is 7.26. The van der Waals surface area contributed by atoms with Gasteiger partial charge in [0.15, 0.2) is 10.9 Å². The molecule has 0 fully saturated rings. The second kappa shape index (κ2) is 10.9. The molecule has 0 saturated carbocycles. The molecule has 0 spiro atoms. The first-order chi connectivity index (χ1) is 17.2. The van der Waals surface area contributed by atoms with Gasteiger partial charge in [-0.15, -0.1) is 21.5 Å². The first-order valence-electron chi connectivity index (χ1n) is 10.7. The lowest BCUT2D eigenvalue weighted by Gasteiger charge is -2.10. The zero-order chi connectivity index (χ0) is 24.0. The van der Waals surface area contributed by atoms with Gasteiger partial charge in [-0.2, -0.15) is 0 Å². The summed E-state index contributed by atoms with van der Waals surface area (Å²) in [5, 5.41) is 15.4. The van der Waals surface area contributed by atoms with Gasteiger partial charge in [-0.05, 0) is 36.4 Å². The average molecular weight is 523 g/mol. The van der Waals surface area contributed by atoms with E-state index >= 15 is 0 Å². The van der Waals surface area contributed by atoms with Crippen LogP contribution in [-0.2, 0) is 12.2 Å². The van der Waals surface area contributed by atoms with Crippen LogP contribution in [0.3, 0.4) is 0 Å². The number of rotatable bonds is 9. The topological polar surface area (TPSA) is 98.7 Å². The van der Waals surface area contributed by atoms with E-state index in [-0.39, 0.29) is 5.91 Å². The molecule has 0 unspecified atom stereocenters. The van der Waals surface area contributed by atoms with Gasteiger partial charge in [0.2, 0.25) is 5.82 Å². The van der Waals surface area contributed by atoms with E-state index in [4.69, 9.17) is 16.0 Å². The molecule has 0 saturated heterocycles. The number of carbonyl (C=O) groups excluding carboxylic acids is 1. The molecule has 11 heteroatoms. The van der Waals surface area contributed by atoms with Crippen LogP contribution in [0.1, 0.15) is 21.2 Å². The average Bonchev–Trinajstić information content (AvgIpc) is 3.64. The molecular formula is C24H19ClN6O2S2. The van der Waals surface area contributed by atoms with Crippen molar-refractivity contribution in [3.8, 4) is 17.3 Å². The van der Waals surface area contributed by atoms with Crippen molar-refractivity contribution in [2.45, 2.75) is 17.3 Å². The number of para-hydroxylation sites is 1. The van der Waals surface area contributed by atoms with Gasteiger partial charge in [-0.1, -0.05) is 41.6 Å². The Morgan fingerprint density at radius 2 is 2.00 bits per heavy atom. The van der Waals surface area contributed by atoms with Gasteiger partial charge in [-0.3, -0.25) is 14.3 Å². The summed E-state index contributed by atoms with van der Waals surface area (Å²) in [6.45, 7) is 0.494. The molecule has 1 amide bonds. The van der Waals surface area contributed by atoms with Gasteiger partial charge in [0.1, 0.15) is 10.7 Å². The zero-order valence-corrected chi connectivity index (χ0v) is 20.7. The fraction of sp³-hybridized carbons (Fsp3) is 0.125. The van der Waals surface area contributed by atoms with Crippen LogP contribution >= 0.6 is 34.7 Å². The third-order valence-electron chi connectivity index (χ3n) is 4.97. The SMILES string of the molecule is O=C(NCCc1ccccn1)c1csc(CSc2nnc(-c3ccco3)n2-c2ccccc2Cl)n1. The highest BCUT2D eigenvalue weighted by atomic mass is 35.5. The van der Waals surface area contributed by atoms with Crippen LogP contribution in [0.5, 0.6) is 0 Å². The number of nitrogens with zero attached hydrogens (tertiary/aromatic N) is 5. The molecule has 0 bridgehead atoms. The summed E-state index contributed by atoms with van der Waals surface area (Å²) in [4.78, 5) is 21.2. The Kier molecular flexibility index (Phi) is 7.22. The molecule has 176 valence electrons. The van der Waals surface area contributed by atoms with Gasteiger partial charge >= 0.3 is 0 Å². The fourth-order valence-corrected chi connectivity index (χ4v) is 5.28. The Labute approximate surface area is 214 Å². The molecule has 8 nitrogen and oxygen atoms in total. The fourth-order valence-electron chi connectivity index (χ4n) is 3.33. The Balaban J connectivity index is 1.27. The van der Waals surface area contributed by atoms with Crippen molar-refractivity contribution < 1.29 is 9.21 Å². The maximum Gasteiger partial charge on any atom is 0.270 e. The first-order valence-corrected chi connectivity index (χ1v) is 12.9. The van der Waals surface area contributed by atoms with Crippen LogP contribution in [0.15, 0.2) is 82.0 Å². The van der Waals surface area contributed by atoms with E-state index < -0.39 is 0 Å². The summed E-state index contributed by atoms with van der Waals surface area (Å²) in [6.07, 6.45) is 3.99. The number of pyridine rings is 1. The highest BCUT2D eigenvalue weighted by Crippen LogP contribution is 2.33. The number of nitrogens with one attached hydrogen (secondary N) is 1. The summed E-state index contributed by atoms with van der Waals surface area (Å²) >= 11 is 9.37. The highest BCUT2D eigenvalue weighted by Gasteiger charge is 2.20. The zero-order valence-electron chi connectivity index (χ0n) is 18.3. The largest absolute Gasteiger partial charge is 0.461 e. The van der Waals surface area contributed by atoms with Crippen LogP contribution in [0.4, 0.5) is 0 Å². The standard InChI is InChI=1S/C24H19ClN6O2S2/c25-17-7-1-2-8-19(17)31-22(20-9-5-13-33-20)29-30-24(31)35-15-21-28-18(14-34-21)23(32)27-12-10-16-6-3-4-11-26-16/h1-9,11,13-14H,10,12,15H2,(H,27,32). The van der Waals surface area contributed by atoms with Crippen molar-refractivity contribution in [2.24, 2.45) is 0 Å². The molecule has 0 atom stereocenters. The number of hydrogen-bond acceptors (Lipinski definition) is 8. The van der Waals surface area contributed by atoms with E-state index in [1.165, 1.54) is 23.1 Å². The highest BCUT2D eigenvalue weighted by molar-refractivity contribution is 7.98. The Morgan fingerprint density at radius 1 is 1.11 bits per heavy atom. The molecule has 5 aromatic rings. The van der Waals surface area contributed by atoms with Gasteiger partial charge in [0.05, 0.1) is 22.7 Å². The maximum absolute atomic E-state index is 12.5. The number of thioether (sulfide) groups is 1. The van der Waals surface area contributed by atoms with Crippen LogP contribution < -0.4 is 5.32 Å². The van der Waals surface area contributed by atoms with Crippen LogP contribution in [0.25, 0.3) is 17.3 Å². The Hall–Kier alpha value is -3.47. The van der Waals surface area contributed by atoms with Crippen LogP contribution in [-0.4, -0.2) is 37.2 Å². The predicted molar refractivity (Wildman–Crippen MR) is 136 cm³/mol. The van der Waals surface area contributed by atoms with Crippen LogP contribution in [0.2, 0.25) is 5.02 Å². The predicted octanol–water partition coefficient (Wildman–Crippen LogP) is 5.30.